The minimum absolute atomic E-state index is 0.0297. The van der Waals surface area contributed by atoms with Gasteiger partial charge in [-0.1, -0.05) is 48.5 Å². The molecule has 2 heterocycles. The number of nitrogens with one attached hydrogen (secondary N) is 1. The summed E-state index contributed by atoms with van der Waals surface area (Å²) < 4.78 is 49.9. The van der Waals surface area contributed by atoms with Gasteiger partial charge in [0.2, 0.25) is 15.9 Å². The number of ether oxygens (including phenoxy) is 2. The van der Waals surface area contributed by atoms with Crippen LogP contribution in [0.25, 0.3) is 0 Å². The lowest BCUT2D eigenvalue weighted by Crippen LogP contribution is -2.55. The Morgan fingerprint density at radius 1 is 0.957 bits per heavy atom. The maximum atomic E-state index is 13.6. The molecule has 2 saturated heterocycles. The van der Waals surface area contributed by atoms with Crippen LogP contribution >= 0.6 is 0 Å². The molecule has 1 unspecified atom stereocenters. The van der Waals surface area contributed by atoms with E-state index in [-0.39, 0.29) is 36.9 Å². The Labute approximate surface area is 276 Å². The summed E-state index contributed by atoms with van der Waals surface area (Å²) in [6, 6.07) is 21.3. The number of aryl methyl sites for hydroxylation is 2. The zero-order valence-electron chi connectivity index (χ0n) is 27.2. The maximum Gasteiger partial charge on any atom is 0.233 e. The third-order valence-electron chi connectivity index (χ3n) is 9.02. The highest BCUT2D eigenvalue weighted by atomic mass is 32.2. The molecule has 3 atom stereocenters. The van der Waals surface area contributed by atoms with Crippen molar-refractivity contribution >= 4 is 21.6 Å². The lowest BCUT2D eigenvalue weighted by molar-refractivity contribution is -0.302. The first-order valence-corrected chi connectivity index (χ1v) is 18.0. The van der Waals surface area contributed by atoms with E-state index < -0.39 is 27.5 Å². The van der Waals surface area contributed by atoms with Crippen LogP contribution < -0.4 is 9.62 Å². The minimum Gasteiger partial charge on any atom is -0.388 e. The van der Waals surface area contributed by atoms with E-state index in [9.17, 15) is 27.8 Å². The predicted molar refractivity (Wildman–Crippen MR) is 178 cm³/mol. The molecule has 3 aromatic carbocycles. The second-order valence-corrected chi connectivity index (χ2v) is 15.1. The standard InChI is InChI=1S/C36H45FN2O7S/c1-35(2)45-23-36(42,24-46-35)21-20-26-6-10-28(11-7-26)33-31(18-19-32(40)27-12-14-29(37)15-13-27)34(41)39(33)30-16-8-25(9-17-30)5-4-22-38-47(3,43)44/h6-17,31-33,38,40,42H,4-5,18-24H2,1-3H3/t31?,32-,33+/m0/s1. The first-order valence-electron chi connectivity index (χ1n) is 16.1. The fourth-order valence-corrected chi connectivity index (χ4v) is 6.68. The van der Waals surface area contributed by atoms with Gasteiger partial charge in [0.25, 0.3) is 0 Å². The molecule has 254 valence electrons. The summed E-state index contributed by atoms with van der Waals surface area (Å²) in [5, 5.41) is 21.7. The van der Waals surface area contributed by atoms with E-state index in [0.29, 0.717) is 50.6 Å². The maximum absolute atomic E-state index is 13.6. The molecule has 5 rings (SSSR count). The Kier molecular flexibility index (Phi) is 10.8. The fourth-order valence-electron chi connectivity index (χ4n) is 6.16. The normalized spacial score (nSPS) is 21.3. The zero-order chi connectivity index (χ0) is 33.8. The number of hydrogen-bond acceptors (Lipinski definition) is 7. The molecule has 0 saturated carbocycles. The largest absolute Gasteiger partial charge is 0.388 e. The van der Waals surface area contributed by atoms with E-state index in [1.54, 1.807) is 17.0 Å². The molecule has 0 radical (unpaired) electrons. The van der Waals surface area contributed by atoms with Crippen molar-refractivity contribution in [2.45, 2.75) is 75.9 Å². The molecule has 0 spiro atoms. The van der Waals surface area contributed by atoms with Gasteiger partial charge in [0, 0.05) is 12.2 Å². The van der Waals surface area contributed by atoms with Gasteiger partial charge < -0.3 is 24.6 Å². The lowest BCUT2D eigenvalue weighted by atomic mass is 9.78. The van der Waals surface area contributed by atoms with Crippen LogP contribution in [0.4, 0.5) is 10.1 Å². The van der Waals surface area contributed by atoms with Crippen molar-refractivity contribution in [1.29, 1.82) is 0 Å². The van der Waals surface area contributed by atoms with Gasteiger partial charge in [-0.15, -0.1) is 0 Å². The number of aliphatic hydroxyl groups is 2. The van der Waals surface area contributed by atoms with Crippen molar-refractivity contribution in [2.75, 3.05) is 30.9 Å². The Hall–Kier alpha value is -3.19. The zero-order valence-corrected chi connectivity index (χ0v) is 28.0. The first kappa shape index (κ1) is 35.1. The van der Waals surface area contributed by atoms with Crippen LogP contribution in [0.2, 0.25) is 0 Å². The number of β-lactam (4-membered cyclic amide) rings is 1. The number of anilines is 1. The van der Waals surface area contributed by atoms with Crippen molar-refractivity contribution < 1.29 is 37.3 Å². The molecule has 2 fully saturated rings. The summed E-state index contributed by atoms with van der Waals surface area (Å²) in [6.07, 6.45) is 3.58. The van der Waals surface area contributed by atoms with Gasteiger partial charge in [-0.25, -0.2) is 17.5 Å². The molecular formula is C36H45FN2O7S. The smallest absolute Gasteiger partial charge is 0.233 e. The van der Waals surface area contributed by atoms with E-state index in [0.717, 1.165) is 28.6 Å². The van der Waals surface area contributed by atoms with E-state index in [2.05, 4.69) is 4.72 Å². The third kappa shape index (κ3) is 9.25. The molecule has 1 amide bonds. The van der Waals surface area contributed by atoms with Gasteiger partial charge in [0.05, 0.1) is 37.5 Å². The van der Waals surface area contributed by atoms with Crippen LogP contribution in [0.15, 0.2) is 72.8 Å². The first-order chi connectivity index (χ1) is 22.2. The number of carbonyl (C=O) groups is 1. The van der Waals surface area contributed by atoms with Crippen molar-refractivity contribution in [3.8, 4) is 0 Å². The number of aliphatic hydroxyl groups excluding tert-OH is 1. The number of nitrogens with zero attached hydrogens (tertiary/aromatic N) is 1. The van der Waals surface area contributed by atoms with Gasteiger partial charge >= 0.3 is 0 Å². The highest BCUT2D eigenvalue weighted by Crippen LogP contribution is 2.46. The highest BCUT2D eigenvalue weighted by molar-refractivity contribution is 7.88. The Bertz CT molecular complexity index is 1600. The van der Waals surface area contributed by atoms with Gasteiger partial charge in [-0.2, -0.15) is 0 Å². The predicted octanol–water partition coefficient (Wildman–Crippen LogP) is 4.97. The summed E-state index contributed by atoms with van der Waals surface area (Å²) >= 11 is 0. The fraction of sp³-hybridized carbons (Fsp3) is 0.472. The second kappa shape index (κ2) is 14.5. The lowest BCUT2D eigenvalue weighted by Gasteiger charge is -2.48. The summed E-state index contributed by atoms with van der Waals surface area (Å²) in [5.41, 5.74) is 3.36. The van der Waals surface area contributed by atoms with Crippen molar-refractivity contribution in [3.63, 3.8) is 0 Å². The van der Waals surface area contributed by atoms with Gasteiger partial charge in [0.15, 0.2) is 5.79 Å². The number of halogens is 1. The molecule has 0 aromatic heterocycles. The average Bonchev–Trinajstić information content (AvgIpc) is 3.03. The topological polar surface area (TPSA) is 125 Å². The molecule has 3 N–H and O–H groups in total. The molecule has 3 aromatic rings. The van der Waals surface area contributed by atoms with Gasteiger partial charge in [0.1, 0.15) is 11.4 Å². The van der Waals surface area contributed by atoms with E-state index in [1.807, 2.05) is 62.4 Å². The molecule has 9 nitrogen and oxygen atoms in total. The number of amides is 1. The van der Waals surface area contributed by atoms with E-state index in [1.165, 1.54) is 12.1 Å². The monoisotopic (exact) mass is 668 g/mol. The van der Waals surface area contributed by atoms with Crippen molar-refractivity contribution in [1.82, 2.24) is 4.72 Å². The Morgan fingerprint density at radius 2 is 1.55 bits per heavy atom. The molecular weight excluding hydrogens is 623 g/mol. The highest BCUT2D eigenvalue weighted by Gasteiger charge is 2.48. The average molecular weight is 669 g/mol. The van der Waals surface area contributed by atoms with Crippen LogP contribution in [0.5, 0.6) is 0 Å². The minimum atomic E-state index is -3.23. The Morgan fingerprint density at radius 3 is 2.17 bits per heavy atom. The van der Waals surface area contributed by atoms with Crippen LogP contribution in [-0.2, 0) is 37.1 Å². The van der Waals surface area contributed by atoms with Crippen molar-refractivity contribution in [2.24, 2.45) is 5.92 Å². The Balaban J connectivity index is 1.28. The van der Waals surface area contributed by atoms with Crippen LogP contribution in [0.3, 0.4) is 0 Å². The van der Waals surface area contributed by atoms with Gasteiger partial charge in [-0.05, 0) is 98.9 Å². The van der Waals surface area contributed by atoms with Crippen LogP contribution in [0, 0.1) is 11.7 Å². The van der Waals surface area contributed by atoms with Crippen molar-refractivity contribution in [3.05, 3.63) is 101 Å². The van der Waals surface area contributed by atoms with Crippen LogP contribution in [0.1, 0.15) is 73.9 Å². The summed E-state index contributed by atoms with van der Waals surface area (Å²) in [7, 11) is -3.23. The molecule has 47 heavy (non-hydrogen) atoms. The number of benzene rings is 3. The number of sulfonamides is 1. The molecule has 11 heteroatoms. The second-order valence-electron chi connectivity index (χ2n) is 13.3. The summed E-state index contributed by atoms with van der Waals surface area (Å²) in [4.78, 5) is 15.4. The quantitative estimate of drug-likeness (QED) is 0.164. The molecule has 2 aliphatic rings. The number of hydrogen-bond donors (Lipinski definition) is 3. The number of carbonyl (C=O) groups excluding carboxylic acids is 1. The third-order valence-corrected chi connectivity index (χ3v) is 9.75. The molecule has 0 aliphatic carbocycles. The molecule has 0 bridgehead atoms. The van der Waals surface area contributed by atoms with E-state index in [4.69, 9.17) is 9.47 Å². The molecule has 2 aliphatic heterocycles. The van der Waals surface area contributed by atoms with Gasteiger partial charge in [-0.3, -0.25) is 4.79 Å². The SMILES string of the molecule is CC1(C)OCC(O)(CCc2ccc([C@@H]3C(CC[C@H](O)c4ccc(F)cc4)C(=O)N3c3ccc(CCCNS(C)(=O)=O)cc3)cc2)CO1. The summed E-state index contributed by atoms with van der Waals surface area (Å²) in [5.74, 6) is -1.45. The summed E-state index contributed by atoms with van der Waals surface area (Å²) in [6.45, 7) is 4.42. The van der Waals surface area contributed by atoms with Crippen LogP contribution in [-0.4, -0.2) is 61.9 Å². The number of rotatable bonds is 14. The van der Waals surface area contributed by atoms with E-state index >= 15 is 0 Å².